The number of nitriles is 1. The summed E-state index contributed by atoms with van der Waals surface area (Å²) in [7, 11) is 0. The van der Waals surface area contributed by atoms with E-state index < -0.39 is 0 Å². The van der Waals surface area contributed by atoms with Crippen molar-refractivity contribution in [3.63, 3.8) is 0 Å². The van der Waals surface area contributed by atoms with E-state index in [0.717, 1.165) is 30.9 Å². The molecule has 0 radical (unpaired) electrons. The maximum atomic E-state index is 9.19. The van der Waals surface area contributed by atoms with E-state index >= 15 is 0 Å². The Morgan fingerprint density at radius 2 is 2.30 bits per heavy atom. The third-order valence-corrected chi connectivity index (χ3v) is 3.94. The highest BCUT2D eigenvalue weighted by atomic mass is 15.2. The molecule has 3 rings (SSSR count). The molecule has 2 aliphatic heterocycles. The van der Waals surface area contributed by atoms with Gasteiger partial charge in [-0.1, -0.05) is 6.92 Å². The van der Waals surface area contributed by atoms with E-state index in [1.807, 2.05) is 12.1 Å². The van der Waals surface area contributed by atoms with Crippen LogP contribution in [0.2, 0.25) is 0 Å². The lowest BCUT2D eigenvalue weighted by molar-refractivity contribution is 0.234. The van der Waals surface area contributed by atoms with Crippen LogP contribution in [0, 0.1) is 17.4 Å². The molecule has 0 bridgehead atoms. The number of aromatic nitrogens is 1. The maximum Gasteiger partial charge on any atom is 0.185 e. The van der Waals surface area contributed by atoms with Crippen molar-refractivity contribution in [3.05, 3.63) is 30.0 Å². The van der Waals surface area contributed by atoms with E-state index in [9.17, 15) is 5.26 Å². The van der Waals surface area contributed by atoms with Crippen LogP contribution in [0.4, 0.5) is 5.82 Å². The van der Waals surface area contributed by atoms with Gasteiger partial charge in [0.05, 0.1) is 6.54 Å². The van der Waals surface area contributed by atoms with Gasteiger partial charge in [0.2, 0.25) is 0 Å². The second-order valence-electron chi connectivity index (χ2n) is 5.68. The second kappa shape index (κ2) is 5.14. The Kier molecular flexibility index (Phi) is 3.33. The molecule has 1 aromatic heterocycles. The summed E-state index contributed by atoms with van der Waals surface area (Å²) in [6.45, 7) is 4.70. The number of rotatable bonds is 1. The van der Waals surface area contributed by atoms with Crippen LogP contribution in [0.1, 0.15) is 18.9 Å². The number of nitrogens with two attached hydrogens (primary N) is 1. The van der Waals surface area contributed by atoms with Gasteiger partial charge in [0, 0.05) is 36.6 Å². The normalized spacial score (nSPS) is 25.8. The van der Waals surface area contributed by atoms with Crippen molar-refractivity contribution in [1.29, 1.82) is 5.26 Å². The highest BCUT2D eigenvalue weighted by molar-refractivity contribution is 5.78. The fourth-order valence-corrected chi connectivity index (χ4v) is 3.17. The summed E-state index contributed by atoms with van der Waals surface area (Å²) in [4.78, 5) is 8.32. The molecule has 1 saturated heterocycles. The van der Waals surface area contributed by atoms with E-state index in [4.69, 9.17) is 5.73 Å². The van der Waals surface area contributed by atoms with Crippen molar-refractivity contribution < 1.29 is 0 Å². The molecule has 5 heteroatoms. The zero-order chi connectivity index (χ0) is 14.1. The van der Waals surface area contributed by atoms with Crippen LogP contribution in [-0.4, -0.2) is 35.6 Å². The molecule has 0 aliphatic carbocycles. The molecule has 2 N–H and O–H groups in total. The fourth-order valence-electron chi connectivity index (χ4n) is 3.17. The van der Waals surface area contributed by atoms with Crippen molar-refractivity contribution in [3.8, 4) is 6.19 Å². The monoisotopic (exact) mass is 269 g/mol. The van der Waals surface area contributed by atoms with Gasteiger partial charge in [0.15, 0.2) is 12.0 Å². The van der Waals surface area contributed by atoms with Crippen molar-refractivity contribution in [2.24, 2.45) is 11.7 Å². The predicted octanol–water partition coefficient (Wildman–Crippen LogP) is 1.39. The first-order chi connectivity index (χ1) is 9.69. The van der Waals surface area contributed by atoms with E-state index in [2.05, 4.69) is 29.1 Å². The van der Waals surface area contributed by atoms with Crippen LogP contribution >= 0.6 is 0 Å². The third-order valence-electron chi connectivity index (χ3n) is 3.94. The average Bonchev–Trinajstić information content (AvgIpc) is 2.45. The Labute approximate surface area is 119 Å². The zero-order valence-electron chi connectivity index (χ0n) is 11.7. The first-order valence-electron chi connectivity index (χ1n) is 7.02. The van der Waals surface area contributed by atoms with Gasteiger partial charge in [-0.2, -0.15) is 5.26 Å². The standard InChI is InChI=1S/C15H19N5/c1-11-7-12(17)9-20(8-11)14-4-6-19(10-16)15-13(14)3-2-5-18-15/h2-5,11-12H,6-9,17H2,1H3/t11-,12+/m0/s1. The Morgan fingerprint density at radius 3 is 3.05 bits per heavy atom. The van der Waals surface area contributed by atoms with Crippen LogP contribution < -0.4 is 10.6 Å². The van der Waals surface area contributed by atoms with Crippen LogP contribution in [0.15, 0.2) is 24.4 Å². The third kappa shape index (κ3) is 2.23. The molecule has 0 unspecified atom stereocenters. The molecule has 104 valence electrons. The Bertz CT molecular complexity index is 564. The van der Waals surface area contributed by atoms with Gasteiger partial charge in [-0.3, -0.25) is 4.90 Å². The maximum absolute atomic E-state index is 9.19. The molecular formula is C15H19N5. The van der Waals surface area contributed by atoms with E-state index in [1.54, 1.807) is 11.1 Å². The molecule has 0 amide bonds. The van der Waals surface area contributed by atoms with Gasteiger partial charge in [-0.25, -0.2) is 4.98 Å². The molecule has 20 heavy (non-hydrogen) atoms. The second-order valence-corrected chi connectivity index (χ2v) is 5.68. The Hall–Kier alpha value is -2.06. The number of hydrogen-bond acceptors (Lipinski definition) is 5. The molecule has 3 heterocycles. The highest BCUT2D eigenvalue weighted by Gasteiger charge is 2.28. The molecule has 0 saturated carbocycles. The lowest BCUT2D eigenvalue weighted by Gasteiger charge is -2.39. The number of hydrogen-bond donors (Lipinski definition) is 1. The fraction of sp³-hybridized carbons (Fsp3) is 0.467. The summed E-state index contributed by atoms with van der Waals surface area (Å²) < 4.78 is 0. The number of anilines is 1. The summed E-state index contributed by atoms with van der Waals surface area (Å²) in [5, 5.41) is 9.19. The molecule has 0 spiro atoms. The van der Waals surface area contributed by atoms with Crippen molar-refractivity contribution in [2.75, 3.05) is 24.5 Å². The molecule has 2 aliphatic rings. The van der Waals surface area contributed by atoms with Crippen molar-refractivity contribution >= 4 is 11.5 Å². The minimum absolute atomic E-state index is 0.216. The summed E-state index contributed by atoms with van der Waals surface area (Å²) >= 11 is 0. The van der Waals surface area contributed by atoms with Crippen LogP contribution in [0.5, 0.6) is 0 Å². The average molecular weight is 269 g/mol. The number of likely N-dealkylation sites (tertiary alicyclic amines) is 1. The minimum Gasteiger partial charge on any atom is -0.369 e. The molecular weight excluding hydrogens is 250 g/mol. The van der Waals surface area contributed by atoms with Gasteiger partial charge in [0.1, 0.15) is 0 Å². The van der Waals surface area contributed by atoms with E-state index in [1.165, 1.54) is 5.70 Å². The van der Waals surface area contributed by atoms with E-state index in [0.29, 0.717) is 12.5 Å². The SMILES string of the molecule is C[C@H]1C[C@@H](N)CN(C2=CCN(C#N)c3ncccc32)C1. The van der Waals surface area contributed by atoms with E-state index in [-0.39, 0.29) is 6.04 Å². The summed E-state index contributed by atoms with van der Waals surface area (Å²) in [6, 6.07) is 4.16. The lowest BCUT2D eigenvalue weighted by atomic mass is 9.94. The molecule has 0 aromatic carbocycles. The smallest absolute Gasteiger partial charge is 0.185 e. The number of pyridine rings is 1. The van der Waals surface area contributed by atoms with Crippen LogP contribution in [0.25, 0.3) is 5.70 Å². The predicted molar refractivity (Wildman–Crippen MR) is 78.5 cm³/mol. The highest BCUT2D eigenvalue weighted by Crippen LogP contribution is 2.33. The van der Waals surface area contributed by atoms with Gasteiger partial charge >= 0.3 is 0 Å². The molecule has 5 nitrogen and oxygen atoms in total. The lowest BCUT2D eigenvalue weighted by Crippen LogP contribution is -2.46. The molecule has 1 aromatic rings. The van der Waals surface area contributed by atoms with Crippen molar-refractivity contribution in [2.45, 2.75) is 19.4 Å². The van der Waals surface area contributed by atoms with Gasteiger partial charge in [-0.15, -0.1) is 0 Å². The zero-order valence-corrected chi connectivity index (χ0v) is 11.7. The summed E-state index contributed by atoms with van der Waals surface area (Å²) in [6.07, 6.45) is 7.10. The van der Waals surface area contributed by atoms with Crippen LogP contribution in [-0.2, 0) is 0 Å². The molecule has 2 atom stereocenters. The quantitative estimate of drug-likeness (QED) is 0.780. The first kappa shape index (κ1) is 12.9. The first-order valence-corrected chi connectivity index (χ1v) is 7.02. The summed E-state index contributed by atoms with van der Waals surface area (Å²) in [5.41, 5.74) is 8.35. The number of nitrogens with zero attached hydrogens (tertiary/aromatic N) is 4. The Balaban J connectivity index is 1.95. The van der Waals surface area contributed by atoms with Gasteiger partial charge in [-0.05, 0) is 30.5 Å². The van der Waals surface area contributed by atoms with Gasteiger partial charge in [0.25, 0.3) is 0 Å². The largest absolute Gasteiger partial charge is 0.369 e. The van der Waals surface area contributed by atoms with Crippen LogP contribution in [0.3, 0.4) is 0 Å². The number of fused-ring (bicyclic) bond motifs is 1. The number of piperidine rings is 1. The van der Waals surface area contributed by atoms with Crippen molar-refractivity contribution in [1.82, 2.24) is 9.88 Å². The minimum atomic E-state index is 0.216. The summed E-state index contributed by atoms with van der Waals surface area (Å²) in [5.74, 6) is 1.34. The Morgan fingerprint density at radius 1 is 1.45 bits per heavy atom. The van der Waals surface area contributed by atoms with Gasteiger partial charge < -0.3 is 10.6 Å². The topological polar surface area (TPSA) is 69.2 Å². The molecule has 1 fully saturated rings.